The van der Waals surface area contributed by atoms with Gasteiger partial charge in [-0.3, -0.25) is 9.88 Å². The highest BCUT2D eigenvalue weighted by molar-refractivity contribution is 6.02. The number of hydrogen-bond acceptors (Lipinski definition) is 9. The van der Waals surface area contributed by atoms with Crippen LogP contribution in [0.5, 0.6) is 0 Å². The minimum absolute atomic E-state index is 0.0231. The van der Waals surface area contributed by atoms with E-state index in [1.54, 1.807) is 6.07 Å². The Labute approximate surface area is 187 Å². The molecular weight excluding hydrogens is 440 g/mol. The number of ether oxygens (including phenoxy) is 2. The maximum Gasteiger partial charge on any atom is 0.337 e. The molecule has 33 heavy (non-hydrogen) atoms. The van der Waals surface area contributed by atoms with Crippen molar-refractivity contribution in [3.8, 4) is 0 Å². The minimum atomic E-state index is -2.95. The standard InChI is InChI=1S/C20H23F2N7O4/c21-15(22)16-23-14-12(17(30)31)2-1-3-13(14)29(16)20-25-18(27-4-8-32-9-5-27)24-19(26-20)28-6-10-33-11-7-28/h1-3,15,20H,4-11H2,(H,30,31)(H,24,25,26). The lowest BCUT2D eigenvalue weighted by Crippen LogP contribution is -2.56. The Balaban J connectivity index is 1.64. The van der Waals surface area contributed by atoms with Crippen molar-refractivity contribution in [3.63, 3.8) is 0 Å². The molecule has 0 atom stereocenters. The summed E-state index contributed by atoms with van der Waals surface area (Å²) in [5.74, 6) is -0.834. The highest BCUT2D eigenvalue weighted by Crippen LogP contribution is 2.32. The Morgan fingerprint density at radius 3 is 2.12 bits per heavy atom. The summed E-state index contributed by atoms with van der Waals surface area (Å²) in [6.45, 7) is 4.44. The van der Waals surface area contributed by atoms with Gasteiger partial charge in [0.1, 0.15) is 5.52 Å². The van der Waals surface area contributed by atoms with Crippen molar-refractivity contribution in [1.29, 1.82) is 0 Å². The van der Waals surface area contributed by atoms with Crippen LogP contribution in [-0.2, 0) is 9.47 Å². The van der Waals surface area contributed by atoms with Crippen molar-refractivity contribution in [2.45, 2.75) is 12.7 Å². The van der Waals surface area contributed by atoms with Gasteiger partial charge >= 0.3 is 5.97 Å². The van der Waals surface area contributed by atoms with E-state index in [1.165, 1.54) is 16.7 Å². The van der Waals surface area contributed by atoms with Crippen LogP contribution in [0.25, 0.3) is 11.0 Å². The number of alkyl halides is 2. The summed E-state index contributed by atoms with van der Waals surface area (Å²) in [6, 6.07) is 4.39. The summed E-state index contributed by atoms with van der Waals surface area (Å²) in [5, 5.41) is 12.8. The third kappa shape index (κ3) is 4.09. The average Bonchev–Trinajstić information content (AvgIpc) is 3.25. The molecule has 2 N–H and O–H groups in total. The van der Waals surface area contributed by atoms with E-state index in [0.29, 0.717) is 64.5 Å². The van der Waals surface area contributed by atoms with Gasteiger partial charge in [0.15, 0.2) is 5.82 Å². The highest BCUT2D eigenvalue weighted by Gasteiger charge is 2.32. The van der Waals surface area contributed by atoms with Crippen LogP contribution in [0.4, 0.5) is 8.78 Å². The first-order valence-electron chi connectivity index (χ1n) is 10.6. The first-order chi connectivity index (χ1) is 16.0. The Kier molecular flexibility index (Phi) is 5.81. The van der Waals surface area contributed by atoms with Crippen LogP contribution in [0, 0.1) is 0 Å². The molecule has 11 nitrogen and oxygen atoms in total. The molecule has 2 fully saturated rings. The molecular formula is C20H23F2N7O4. The summed E-state index contributed by atoms with van der Waals surface area (Å²) >= 11 is 0. The number of aliphatic imine (C=N–C) groups is 2. The first-order valence-corrected chi connectivity index (χ1v) is 10.6. The summed E-state index contributed by atoms with van der Waals surface area (Å²) in [5.41, 5.74) is 0.0502. The second-order valence-electron chi connectivity index (χ2n) is 7.69. The lowest BCUT2D eigenvalue weighted by atomic mass is 10.2. The molecule has 176 valence electrons. The number of nitrogens with one attached hydrogen (secondary N) is 1. The molecule has 5 rings (SSSR count). The first kappa shape index (κ1) is 21.5. The predicted molar refractivity (Wildman–Crippen MR) is 113 cm³/mol. The van der Waals surface area contributed by atoms with E-state index in [1.807, 2.05) is 9.80 Å². The molecule has 0 unspecified atom stereocenters. The van der Waals surface area contributed by atoms with Crippen molar-refractivity contribution in [1.82, 2.24) is 24.7 Å². The highest BCUT2D eigenvalue weighted by atomic mass is 19.3. The second kappa shape index (κ2) is 8.90. The van der Waals surface area contributed by atoms with Gasteiger partial charge in [0, 0.05) is 26.2 Å². The number of aromatic nitrogens is 2. The molecule has 0 radical (unpaired) electrons. The monoisotopic (exact) mass is 463 g/mol. The van der Waals surface area contributed by atoms with E-state index < -0.39 is 24.5 Å². The second-order valence-corrected chi connectivity index (χ2v) is 7.69. The molecule has 2 saturated heterocycles. The fourth-order valence-corrected chi connectivity index (χ4v) is 4.10. The van der Waals surface area contributed by atoms with Crippen LogP contribution < -0.4 is 5.32 Å². The van der Waals surface area contributed by atoms with E-state index in [4.69, 9.17) is 9.47 Å². The van der Waals surface area contributed by atoms with Gasteiger partial charge in [-0.2, -0.15) is 0 Å². The molecule has 0 saturated carbocycles. The van der Waals surface area contributed by atoms with Crippen LogP contribution in [0.3, 0.4) is 0 Å². The van der Waals surface area contributed by atoms with Gasteiger partial charge in [-0.1, -0.05) is 6.07 Å². The van der Waals surface area contributed by atoms with E-state index in [2.05, 4.69) is 20.3 Å². The number of fused-ring (bicyclic) bond motifs is 1. The van der Waals surface area contributed by atoms with Gasteiger partial charge in [-0.15, -0.1) is 0 Å². The van der Waals surface area contributed by atoms with Crippen LogP contribution in [0.2, 0.25) is 0 Å². The number of carboxylic acid groups (broad SMARTS) is 1. The average molecular weight is 463 g/mol. The molecule has 4 heterocycles. The molecule has 3 aliphatic rings. The van der Waals surface area contributed by atoms with Gasteiger partial charge in [-0.05, 0) is 12.1 Å². The van der Waals surface area contributed by atoms with Crippen molar-refractivity contribution in [2.75, 3.05) is 52.6 Å². The van der Waals surface area contributed by atoms with Gasteiger partial charge < -0.3 is 24.4 Å². The van der Waals surface area contributed by atoms with Crippen molar-refractivity contribution < 1.29 is 28.2 Å². The minimum Gasteiger partial charge on any atom is -0.478 e. The molecule has 0 spiro atoms. The van der Waals surface area contributed by atoms with Crippen molar-refractivity contribution in [2.24, 2.45) is 9.98 Å². The zero-order valence-electron chi connectivity index (χ0n) is 17.7. The molecule has 0 amide bonds. The number of guanidine groups is 2. The fourth-order valence-electron chi connectivity index (χ4n) is 4.10. The number of nitrogens with zero attached hydrogens (tertiary/aromatic N) is 6. The zero-order chi connectivity index (χ0) is 22.9. The fraction of sp³-hybridized carbons (Fsp3) is 0.500. The Hall–Kier alpha value is -3.32. The number of rotatable bonds is 3. The van der Waals surface area contributed by atoms with Crippen LogP contribution in [-0.4, -0.2) is 95.0 Å². The van der Waals surface area contributed by atoms with Crippen LogP contribution >= 0.6 is 0 Å². The van der Waals surface area contributed by atoms with Gasteiger partial charge in [-0.25, -0.2) is 28.5 Å². The largest absolute Gasteiger partial charge is 0.478 e. The summed E-state index contributed by atoms with van der Waals surface area (Å²) < 4.78 is 40.2. The number of carboxylic acids is 1. The van der Waals surface area contributed by atoms with Gasteiger partial charge in [0.05, 0.1) is 37.5 Å². The lowest BCUT2D eigenvalue weighted by molar-refractivity contribution is 0.0627. The number of para-hydroxylation sites is 1. The maximum atomic E-state index is 14.1. The molecule has 1 aromatic heterocycles. The molecule has 2 aromatic rings. The number of carbonyl (C=O) groups is 1. The maximum absolute atomic E-state index is 14.1. The van der Waals surface area contributed by atoms with Crippen LogP contribution in [0.1, 0.15) is 28.9 Å². The molecule has 0 bridgehead atoms. The third-order valence-electron chi connectivity index (χ3n) is 5.72. The quantitative estimate of drug-likeness (QED) is 0.696. The number of imidazole rings is 1. The summed E-state index contributed by atoms with van der Waals surface area (Å²) in [4.78, 5) is 28.9. The number of morpholine rings is 2. The Morgan fingerprint density at radius 1 is 1.03 bits per heavy atom. The lowest BCUT2D eigenvalue weighted by Gasteiger charge is -2.37. The molecule has 3 aliphatic heterocycles. The topological polar surface area (TPSA) is 117 Å². The smallest absolute Gasteiger partial charge is 0.337 e. The zero-order valence-corrected chi connectivity index (χ0v) is 17.7. The molecule has 13 heteroatoms. The van der Waals surface area contributed by atoms with Gasteiger partial charge in [0.25, 0.3) is 6.43 Å². The number of hydrogen-bond donors (Lipinski definition) is 2. The number of halogens is 2. The van der Waals surface area contributed by atoms with Crippen molar-refractivity contribution >= 4 is 28.9 Å². The Bertz CT molecular complexity index is 1070. The third-order valence-corrected chi connectivity index (χ3v) is 5.72. The van der Waals surface area contributed by atoms with E-state index in [0.717, 1.165) is 0 Å². The molecule has 1 aromatic carbocycles. The number of benzene rings is 1. The predicted octanol–water partition coefficient (Wildman–Crippen LogP) is 1.11. The number of aromatic carboxylic acids is 1. The summed E-state index contributed by atoms with van der Waals surface area (Å²) in [7, 11) is 0. The van der Waals surface area contributed by atoms with Gasteiger partial charge in [0.2, 0.25) is 18.2 Å². The Morgan fingerprint density at radius 2 is 1.61 bits per heavy atom. The van der Waals surface area contributed by atoms with Crippen LogP contribution in [0.15, 0.2) is 28.2 Å². The van der Waals surface area contributed by atoms with E-state index >= 15 is 0 Å². The van der Waals surface area contributed by atoms with E-state index in [9.17, 15) is 18.7 Å². The summed E-state index contributed by atoms with van der Waals surface area (Å²) in [6.07, 6.45) is -4.03. The van der Waals surface area contributed by atoms with E-state index in [-0.39, 0.29) is 16.6 Å². The van der Waals surface area contributed by atoms with Crippen molar-refractivity contribution in [3.05, 3.63) is 29.6 Å². The molecule has 0 aliphatic carbocycles. The normalized spacial score (nSPS) is 20.1. The SMILES string of the molecule is O=C(O)c1cccc2c1nc(C(F)F)n2C1N=C(N2CCOCC2)NC(N2CCOCC2)=N1.